The summed E-state index contributed by atoms with van der Waals surface area (Å²) in [6, 6.07) is 7.53. The number of aromatic nitrogens is 1. The molecular weight excluding hydrogens is 292 g/mol. The van der Waals surface area contributed by atoms with Gasteiger partial charge >= 0.3 is 0 Å². The van der Waals surface area contributed by atoms with Crippen LogP contribution in [0.3, 0.4) is 0 Å². The third-order valence-electron chi connectivity index (χ3n) is 2.88. The summed E-state index contributed by atoms with van der Waals surface area (Å²) < 4.78 is 0. The molecule has 0 aliphatic carbocycles. The van der Waals surface area contributed by atoms with Crippen LogP contribution in [0.25, 0.3) is 10.6 Å². The Bertz CT molecular complexity index is 583. The molecule has 1 heterocycles. The fourth-order valence-electron chi connectivity index (χ4n) is 1.78. The summed E-state index contributed by atoms with van der Waals surface area (Å²) in [6.07, 6.45) is 2.07. The molecule has 0 atom stereocenters. The maximum atomic E-state index is 12.0. The summed E-state index contributed by atoms with van der Waals surface area (Å²) >= 11 is 7.30. The van der Waals surface area contributed by atoms with Gasteiger partial charge in [-0.1, -0.05) is 25.5 Å². The molecule has 106 valence electrons. The van der Waals surface area contributed by atoms with Gasteiger partial charge in [-0.05, 0) is 18.6 Å². The highest BCUT2D eigenvalue weighted by Gasteiger charge is 2.09. The van der Waals surface area contributed by atoms with Crippen molar-refractivity contribution in [2.24, 2.45) is 0 Å². The van der Waals surface area contributed by atoms with Crippen LogP contribution in [-0.4, -0.2) is 17.4 Å². The number of nitrogens with one attached hydrogen (secondary N) is 1. The second-order valence-electron chi connectivity index (χ2n) is 4.47. The largest absolute Gasteiger partial charge is 0.352 e. The smallest absolute Gasteiger partial charge is 0.251 e. The Morgan fingerprint density at radius 1 is 1.45 bits per heavy atom. The molecule has 2 rings (SSSR count). The summed E-state index contributed by atoms with van der Waals surface area (Å²) in [5.74, 6) is 0.377. The summed E-state index contributed by atoms with van der Waals surface area (Å²) in [5, 5.41) is 5.75. The zero-order chi connectivity index (χ0) is 14.4. The van der Waals surface area contributed by atoms with E-state index in [-0.39, 0.29) is 5.91 Å². The van der Waals surface area contributed by atoms with E-state index in [0.717, 1.165) is 29.1 Å². The number of hydrogen-bond donors (Lipinski definition) is 1. The second-order valence-corrected chi connectivity index (χ2v) is 5.59. The highest BCUT2D eigenvalue weighted by molar-refractivity contribution is 7.13. The van der Waals surface area contributed by atoms with Crippen molar-refractivity contribution in [1.82, 2.24) is 10.3 Å². The minimum Gasteiger partial charge on any atom is -0.352 e. The first-order valence-electron chi connectivity index (χ1n) is 6.63. The van der Waals surface area contributed by atoms with Crippen LogP contribution in [0.2, 0.25) is 0 Å². The van der Waals surface area contributed by atoms with Crippen molar-refractivity contribution >= 4 is 28.8 Å². The first kappa shape index (κ1) is 15.0. The number of unbranched alkanes of at least 4 members (excludes halogenated alkanes) is 1. The normalized spacial score (nSPS) is 10.5. The third-order valence-corrected chi connectivity index (χ3v) is 4.09. The van der Waals surface area contributed by atoms with Crippen molar-refractivity contribution < 1.29 is 4.79 Å². The maximum Gasteiger partial charge on any atom is 0.251 e. The fourth-order valence-corrected chi connectivity index (χ4v) is 2.82. The molecule has 1 aromatic carbocycles. The van der Waals surface area contributed by atoms with Gasteiger partial charge in [-0.25, -0.2) is 4.98 Å². The molecule has 5 heteroatoms. The number of amides is 1. The molecule has 0 spiro atoms. The number of alkyl halides is 1. The van der Waals surface area contributed by atoms with Crippen LogP contribution in [0.5, 0.6) is 0 Å². The zero-order valence-corrected chi connectivity index (χ0v) is 12.9. The van der Waals surface area contributed by atoms with Gasteiger partial charge < -0.3 is 5.32 Å². The Labute approximate surface area is 128 Å². The molecule has 3 nitrogen and oxygen atoms in total. The van der Waals surface area contributed by atoms with Crippen molar-refractivity contribution in [2.75, 3.05) is 6.54 Å². The molecule has 0 unspecified atom stereocenters. The predicted octanol–water partition coefficient (Wildman–Crippen LogP) is 4.08. The number of carbonyl (C=O) groups is 1. The van der Waals surface area contributed by atoms with Gasteiger partial charge in [-0.3, -0.25) is 4.79 Å². The van der Waals surface area contributed by atoms with Crippen molar-refractivity contribution in [1.29, 1.82) is 0 Å². The lowest BCUT2D eigenvalue weighted by Crippen LogP contribution is -2.24. The summed E-state index contributed by atoms with van der Waals surface area (Å²) in [7, 11) is 0. The Hall–Kier alpha value is -1.39. The van der Waals surface area contributed by atoms with Gasteiger partial charge in [0.1, 0.15) is 5.01 Å². The van der Waals surface area contributed by atoms with Crippen molar-refractivity contribution in [3.8, 4) is 10.6 Å². The van der Waals surface area contributed by atoms with Crippen LogP contribution in [0, 0.1) is 0 Å². The van der Waals surface area contributed by atoms with Crippen LogP contribution in [-0.2, 0) is 5.88 Å². The lowest BCUT2D eigenvalue weighted by molar-refractivity contribution is 0.0953. The minimum atomic E-state index is -0.0329. The number of thiazole rings is 1. The Kier molecular flexibility index (Phi) is 5.56. The molecule has 0 saturated heterocycles. The molecule has 0 aliphatic rings. The molecular formula is C15H17ClN2OS. The highest BCUT2D eigenvalue weighted by Crippen LogP contribution is 2.25. The highest BCUT2D eigenvalue weighted by atomic mass is 35.5. The van der Waals surface area contributed by atoms with E-state index in [1.165, 1.54) is 0 Å². The molecule has 0 radical (unpaired) electrons. The average Bonchev–Trinajstić information content (AvgIpc) is 2.96. The molecule has 1 aromatic heterocycles. The van der Waals surface area contributed by atoms with E-state index in [9.17, 15) is 4.79 Å². The molecule has 1 N–H and O–H groups in total. The van der Waals surface area contributed by atoms with Crippen LogP contribution in [0.15, 0.2) is 29.6 Å². The predicted molar refractivity (Wildman–Crippen MR) is 84.3 cm³/mol. The van der Waals surface area contributed by atoms with E-state index in [1.807, 2.05) is 29.6 Å². The van der Waals surface area contributed by atoms with E-state index in [2.05, 4.69) is 17.2 Å². The first-order valence-corrected chi connectivity index (χ1v) is 8.05. The van der Waals surface area contributed by atoms with Crippen molar-refractivity contribution in [3.63, 3.8) is 0 Å². The standard InChI is InChI=1S/C15H17ClN2OS/c1-2-3-7-17-14(19)11-5-4-6-12(8-11)15-18-13(9-16)10-20-15/h4-6,8,10H,2-3,7,9H2,1H3,(H,17,19). The van der Waals surface area contributed by atoms with Gasteiger partial charge in [0.05, 0.1) is 11.6 Å². The van der Waals surface area contributed by atoms with Crippen LogP contribution >= 0.6 is 22.9 Å². The number of hydrogen-bond acceptors (Lipinski definition) is 3. The number of benzene rings is 1. The van der Waals surface area contributed by atoms with E-state index in [4.69, 9.17) is 11.6 Å². The van der Waals surface area contributed by atoms with Gasteiger partial charge in [0.2, 0.25) is 0 Å². The number of rotatable bonds is 6. The monoisotopic (exact) mass is 308 g/mol. The average molecular weight is 309 g/mol. The molecule has 2 aromatic rings. The minimum absolute atomic E-state index is 0.0329. The Morgan fingerprint density at radius 2 is 2.30 bits per heavy atom. The van der Waals surface area contributed by atoms with Crippen LogP contribution < -0.4 is 5.32 Å². The SMILES string of the molecule is CCCCNC(=O)c1cccc(-c2nc(CCl)cs2)c1. The van der Waals surface area contributed by atoms with Gasteiger partial charge in [-0.15, -0.1) is 22.9 Å². The number of nitrogens with zero attached hydrogens (tertiary/aromatic N) is 1. The van der Waals surface area contributed by atoms with Gasteiger partial charge in [0, 0.05) is 23.1 Å². The third kappa shape index (κ3) is 3.81. The topological polar surface area (TPSA) is 42.0 Å². The summed E-state index contributed by atoms with van der Waals surface area (Å²) in [4.78, 5) is 16.4. The van der Waals surface area contributed by atoms with E-state index in [1.54, 1.807) is 11.3 Å². The van der Waals surface area contributed by atoms with E-state index in [0.29, 0.717) is 18.0 Å². The molecule has 1 amide bonds. The Balaban J connectivity index is 2.13. The zero-order valence-electron chi connectivity index (χ0n) is 11.4. The lowest BCUT2D eigenvalue weighted by Gasteiger charge is -2.05. The second kappa shape index (κ2) is 7.41. The molecule has 20 heavy (non-hydrogen) atoms. The van der Waals surface area contributed by atoms with Gasteiger partial charge in [-0.2, -0.15) is 0 Å². The molecule has 0 bridgehead atoms. The fraction of sp³-hybridized carbons (Fsp3) is 0.333. The van der Waals surface area contributed by atoms with Crippen LogP contribution in [0.1, 0.15) is 35.8 Å². The molecule has 0 saturated carbocycles. The summed E-state index contributed by atoms with van der Waals surface area (Å²) in [6.45, 7) is 2.82. The van der Waals surface area contributed by atoms with Crippen molar-refractivity contribution in [3.05, 3.63) is 40.9 Å². The number of halogens is 1. The first-order chi connectivity index (χ1) is 9.74. The summed E-state index contributed by atoms with van der Waals surface area (Å²) in [5.41, 5.74) is 2.49. The van der Waals surface area contributed by atoms with Crippen molar-refractivity contribution in [2.45, 2.75) is 25.6 Å². The molecule has 0 fully saturated rings. The number of carbonyl (C=O) groups excluding carboxylic acids is 1. The maximum absolute atomic E-state index is 12.0. The quantitative estimate of drug-likeness (QED) is 0.645. The van der Waals surface area contributed by atoms with E-state index < -0.39 is 0 Å². The molecule has 0 aliphatic heterocycles. The van der Waals surface area contributed by atoms with Gasteiger partial charge in [0.25, 0.3) is 5.91 Å². The lowest BCUT2D eigenvalue weighted by atomic mass is 10.1. The van der Waals surface area contributed by atoms with Gasteiger partial charge in [0.15, 0.2) is 0 Å². The Morgan fingerprint density at radius 3 is 3.00 bits per heavy atom. The van der Waals surface area contributed by atoms with Crippen LogP contribution in [0.4, 0.5) is 0 Å². The van der Waals surface area contributed by atoms with E-state index >= 15 is 0 Å².